The highest BCUT2D eigenvalue weighted by molar-refractivity contribution is 6.29. The lowest BCUT2D eigenvalue weighted by Gasteiger charge is -2.08. The molecule has 0 saturated heterocycles. The van der Waals surface area contributed by atoms with Gasteiger partial charge >= 0.3 is 5.69 Å². The second kappa shape index (κ2) is 5.79. The first-order valence-electron chi connectivity index (χ1n) is 5.90. The Labute approximate surface area is 114 Å². The third kappa shape index (κ3) is 3.08. The molecule has 2 heterocycles. The van der Waals surface area contributed by atoms with E-state index in [2.05, 4.69) is 10.2 Å². The van der Waals surface area contributed by atoms with Crippen LogP contribution >= 0.6 is 11.6 Å². The van der Waals surface area contributed by atoms with E-state index in [-0.39, 0.29) is 22.9 Å². The highest BCUT2D eigenvalue weighted by Gasteiger charge is 2.06. The normalized spacial score (nSPS) is 10.6. The molecule has 0 N–H and O–H groups in total. The Morgan fingerprint density at radius 2 is 2.00 bits per heavy atom. The van der Waals surface area contributed by atoms with E-state index in [9.17, 15) is 9.59 Å². The van der Waals surface area contributed by atoms with Crippen LogP contribution in [-0.4, -0.2) is 19.3 Å². The molecule has 0 bridgehead atoms. The molecule has 0 aliphatic rings. The molecular formula is C12H13ClN4O2. The molecule has 100 valence electrons. The van der Waals surface area contributed by atoms with Gasteiger partial charge in [0.2, 0.25) is 0 Å². The maximum atomic E-state index is 12.1. The number of hydrogen-bond donors (Lipinski definition) is 0. The summed E-state index contributed by atoms with van der Waals surface area (Å²) in [5.74, 6) is 0. The van der Waals surface area contributed by atoms with Crippen LogP contribution in [0.25, 0.3) is 0 Å². The fourth-order valence-corrected chi connectivity index (χ4v) is 1.80. The molecule has 19 heavy (non-hydrogen) atoms. The highest BCUT2D eigenvalue weighted by atomic mass is 35.5. The number of aromatic nitrogens is 4. The van der Waals surface area contributed by atoms with Gasteiger partial charge in [-0.2, -0.15) is 5.10 Å². The van der Waals surface area contributed by atoms with Crippen molar-refractivity contribution in [3.63, 3.8) is 0 Å². The number of hydrogen-bond acceptors (Lipinski definition) is 4. The molecule has 0 radical (unpaired) electrons. The molecule has 2 aromatic heterocycles. The van der Waals surface area contributed by atoms with Gasteiger partial charge in [-0.25, -0.2) is 4.79 Å². The summed E-state index contributed by atoms with van der Waals surface area (Å²) in [5.41, 5.74) is -0.182. The van der Waals surface area contributed by atoms with Crippen molar-refractivity contribution in [2.24, 2.45) is 0 Å². The lowest BCUT2D eigenvalue weighted by molar-refractivity contribution is 0.565. The summed E-state index contributed by atoms with van der Waals surface area (Å²) in [5, 5.41) is 7.80. The molecule has 2 rings (SSSR count). The topological polar surface area (TPSA) is 69.8 Å². The Balaban J connectivity index is 2.39. The molecule has 0 unspecified atom stereocenters. The average molecular weight is 281 g/mol. The predicted octanol–water partition coefficient (Wildman–Crippen LogP) is 0.912. The molecule has 0 aromatic carbocycles. The zero-order valence-electron chi connectivity index (χ0n) is 10.4. The Morgan fingerprint density at radius 3 is 2.63 bits per heavy atom. The van der Waals surface area contributed by atoms with Gasteiger partial charge in [0.05, 0.1) is 12.2 Å². The molecule has 6 nitrogen and oxygen atoms in total. The third-order valence-electron chi connectivity index (χ3n) is 2.61. The smallest absolute Gasteiger partial charge is 0.300 e. The van der Waals surface area contributed by atoms with Gasteiger partial charge in [0.15, 0.2) is 5.15 Å². The van der Waals surface area contributed by atoms with Crippen LogP contribution in [-0.2, 0) is 13.1 Å². The van der Waals surface area contributed by atoms with Crippen molar-refractivity contribution in [3.8, 4) is 0 Å². The van der Waals surface area contributed by atoms with Crippen LogP contribution < -0.4 is 11.2 Å². The summed E-state index contributed by atoms with van der Waals surface area (Å²) in [6.07, 6.45) is 2.33. The Bertz CT molecular complexity index is 675. The van der Waals surface area contributed by atoms with E-state index in [1.807, 2.05) is 6.92 Å². The van der Waals surface area contributed by atoms with E-state index in [0.717, 1.165) is 11.0 Å². The molecule has 0 fully saturated rings. The minimum absolute atomic E-state index is 0.0897. The first-order valence-corrected chi connectivity index (χ1v) is 6.28. The van der Waals surface area contributed by atoms with E-state index in [0.29, 0.717) is 12.2 Å². The maximum absolute atomic E-state index is 12.1. The molecule has 2 aromatic rings. The molecule has 0 saturated carbocycles. The Kier molecular flexibility index (Phi) is 4.11. The molecule has 0 aliphatic heterocycles. The van der Waals surface area contributed by atoms with Gasteiger partial charge in [-0.15, -0.1) is 5.10 Å². The van der Waals surface area contributed by atoms with Gasteiger partial charge < -0.3 is 4.57 Å². The van der Waals surface area contributed by atoms with Crippen molar-refractivity contribution in [2.75, 3.05) is 0 Å². The van der Waals surface area contributed by atoms with Crippen molar-refractivity contribution in [1.82, 2.24) is 19.3 Å². The van der Waals surface area contributed by atoms with Crippen LogP contribution in [0.15, 0.2) is 34.0 Å². The lowest BCUT2D eigenvalue weighted by atomic mass is 10.4. The van der Waals surface area contributed by atoms with Gasteiger partial charge in [0.1, 0.15) is 0 Å². The van der Waals surface area contributed by atoms with E-state index >= 15 is 0 Å². The van der Waals surface area contributed by atoms with Crippen LogP contribution in [0.1, 0.15) is 19.0 Å². The van der Waals surface area contributed by atoms with E-state index < -0.39 is 0 Å². The van der Waals surface area contributed by atoms with Gasteiger partial charge in [0, 0.05) is 18.8 Å². The van der Waals surface area contributed by atoms with Crippen molar-refractivity contribution < 1.29 is 0 Å². The Morgan fingerprint density at radius 1 is 1.21 bits per heavy atom. The third-order valence-corrected chi connectivity index (χ3v) is 2.81. The second-order valence-electron chi connectivity index (χ2n) is 4.06. The quantitative estimate of drug-likeness (QED) is 0.835. The molecule has 0 amide bonds. The fraction of sp³-hybridized carbons (Fsp3) is 0.333. The van der Waals surface area contributed by atoms with Crippen molar-refractivity contribution in [1.29, 1.82) is 0 Å². The van der Waals surface area contributed by atoms with Gasteiger partial charge in [-0.3, -0.25) is 9.36 Å². The van der Waals surface area contributed by atoms with Crippen LogP contribution in [0, 0.1) is 0 Å². The molecular weight excluding hydrogens is 268 g/mol. The van der Waals surface area contributed by atoms with Crippen molar-refractivity contribution in [2.45, 2.75) is 26.4 Å². The molecule has 0 spiro atoms. The standard InChI is InChI=1S/C12H13ClN4O2/c1-2-6-16-7-5-11(18)17(12(16)19)8-9-3-4-10(13)15-14-9/h3-5,7H,2,6,8H2,1H3. The minimum atomic E-state index is -0.353. The van der Waals surface area contributed by atoms with E-state index in [4.69, 9.17) is 11.6 Å². The van der Waals surface area contributed by atoms with Gasteiger partial charge in [0.25, 0.3) is 5.56 Å². The molecule has 7 heteroatoms. The first-order chi connectivity index (χ1) is 9.11. The zero-order chi connectivity index (χ0) is 13.8. The minimum Gasteiger partial charge on any atom is -0.300 e. The lowest BCUT2D eigenvalue weighted by Crippen LogP contribution is -2.39. The predicted molar refractivity (Wildman–Crippen MR) is 71.4 cm³/mol. The van der Waals surface area contributed by atoms with Crippen molar-refractivity contribution in [3.05, 3.63) is 56.1 Å². The summed E-state index contributed by atoms with van der Waals surface area (Å²) in [7, 11) is 0. The van der Waals surface area contributed by atoms with Crippen molar-refractivity contribution >= 4 is 11.6 Å². The average Bonchev–Trinajstić information content (AvgIpc) is 2.40. The molecule has 0 atom stereocenters. The first kappa shape index (κ1) is 13.5. The van der Waals surface area contributed by atoms with Crippen LogP contribution in [0.5, 0.6) is 0 Å². The van der Waals surface area contributed by atoms with Gasteiger partial charge in [-0.05, 0) is 18.6 Å². The van der Waals surface area contributed by atoms with Crippen LogP contribution in [0.2, 0.25) is 5.15 Å². The SMILES string of the molecule is CCCn1ccc(=O)n(Cc2ccc(Cl)nn2)c1=O. The maximum Gasteiger partial charge on any atom is 0.331 e. The van der Waals surface area contributed by atoms with Gasteiger partial charge in [-0.1, -0.05) is 18.5 Å². The summed E-state index contributed by atoms with van der Waals surface area (Å²) < 4.78 is 2.64. The van der Waals surface area contributed by atoms with Crippen LogP contribution in [0.4, 0.5) is 0 Å². The zero-order valence-corrected chi connectivity index (χ0v) is 11.2. The second-order valence-corrected chi connectivity index (χ2v) is 4.45. The Hall–Kier alpha value is -1.95. The highest BCUT2D eigenvalue weighted by Crippen LogP contribution is 2.02. The number of rotatable bonds is 4. The summed E-state index contributed by atoms with van der Waals surface area (Å²) >= 11 is 5.64. The summed E-state index contributed by atoms with van der Waals surface area (Å²) in [6, 6.07) is 4.58. The summed E-state index contributed by atoms with van der Waals surface area (Å²) in [6.45, 7) is 2.63. The number of nitrogens with zero attached hydrogens (tertiary/aromatic N) is 4. The number of halogens is 1. The largest absolute Gasteiger partial charge is 0.331 e. The monoisotopic (exact) mass is 280 g/mol. The van der Waals surface area contributed by atoms with E-state index in [1.165, 1.54) is 16.8 Å². The van der Waals surface area contributed by atoms with E-state index in [1.54, 1.807) is 12.1 Å². The number of aryl methyl sites for hydroxylation is 1. The summed E-state index contributed by atoms with van der Waals surface area (Å²) in [4.78, 5) is 23.8. The fourth-order valence-electron chi connectivity index (χ4n) is 1.70. The van der Waals surface area contributed by atoms with Crippen LogP contribution in [0.3, 0.4) is 0 Å². The molecule has 0 aliphatic carbocycles.